The fourth-order valence-electron chi connectivity index (χ4n) is 3.72. The van der Waals surface area contributed by atoms with Gasteiger partial charge in [0.25, 0.3) is 0 Å². The Morgan fingerprint density at radius 1 is 1.24 bits per heavy atom. The molecule has 4 rings (SSSR count). The van der Waals surface area contributed by atoms with Gasteiger partial charge in [0.15, 0.2) is 5.82 Å². The van der Waals surface area contributed by atoms with Crippen LogP contribution >= 0.6 is 0 Å². The van der Waals surface area contributed by atoms with E-state index < -0.39 is 5.41 Å². The number of pyridine rings is 1. The average molecular weight is 334 g/mol. The number of allylic oxidation sites excluding steroid dienone is 4. The van der Waals surface area contributed by atoms with Gasteiger partial charge in [-0.2, -0.15) is 5.10 Å². The lowest BCUT2D eigenvalue weighted by molar-refractivity contribution is -0.125. The normalized spacial score (nSPS) is 21.8. The van der Waals surface area contributed by atoms with Crippen molar-refractivity contribution in [2.24, 2.45) is 18.4 Å². The molecular weight excluding hydrogens is 312 g/mol. The molecule has 0 bridgehead atoms. The third-order valence-electron chi connectivity index (χ3n) is 5.29. The summed E-state index contributed by atoms with van der Waals surface area (Å²) in [6.45, 7) is 6.04. The zero-order valence-electron chi connectivity index (χ0n) is 15.0. The summed E-state index contributed by atoms with van der Waals surface area (Å²) < 4.78 is 1.73. The molecule has 0 aromatic carbocycles. The van der Waals surface area contributed by atoms with Crippen molar-refractivity contribution < 1.29 is 4.79 Å². The molecule has 1 unspecified atom stereocenters. The average Bonchev–Trinajstić information content (AvgIpc) is 3.08. The highest BCUT2D eigenvalue weighted by atomic mass is 16.2. The van der Waals surface area contributed by atoms with E-state index in [1.165, 1.54) is 0 Å². The maximum Gasteiger partial charge on any atom is 0.238 e. The summed E-state index contributed by atoms with van der Waals surface area (Å²) >= 11 is 0. The van der Waals surface area contributed by atoms with Crippen molar-refractivity contribution in [1.29, 1.82) is 0 Å². The number of fused-ring (bicyclic) bond motifs is 1. The van der Waals surface area contributed by atoms with Gasteiger partial charge in [0.2, 0.25) is 5.91 Å². The van der Waals surface area contributed by atoms with E-state index >= 15 is 0 Å². The van der Waals surface area contributed by atoms with Crippen molar-refractivity contribution in [2.45, 2.75) is 27.2 Å². The molecule has 0 spiro atoms. The third kappa shape index (κ3) is 2.42. The Morgan fingerprint density at radius 2 is 2.04 bits per heavy atom. The molecule has 1 aliphatic carbocycles. The van der Waals surface area contributed by atoms with Crippen molar-refractivity contribution >= 4 is 17.3 Å². The Balaban J connectivity index is 1.79. The first-order valence-corrected chi connectivity index (χ1v) is 8.57. The minimum absolute atomic E-state index is 0.110. The van der Waals surface area contributed by atoms with Crippen LogP contribution in [0, 0.1) is 18.3 Å². The lowest BCUT2D eigenvalue weighted by Gasteiger charge is -2.25. The fraction of sp³-hybridized carbons (Fsp3) is 0.350. The molecule has 0 saturated carbocycles. The molecule has 1 aliphatic heterocycles. The summed E-state index contributed by atoms with van der Waals surface area (Å²) in [6, 6.07) is 5.99. The number of anilines is 1. The van der Waals surface area contributed by atoms with Gasteiger partial charge in [-0.15, -0.1) is 0 Å². The van der Waals surface area contributed by atoms with Gasteiger partial charge < -0.3 is 0 Å². The molecule has 1 amide bonds. The van der Waals surface area contributed by atoms with Crippen molar-refractivity contribution in [3.8, 4) is 0 Å². The van der Waals surface area contributed by atoms with Crippen LogP contribution in [0.25, 0.3) is 5.57 Å². The number of carbonyl (C=O) groups excluding carboxylic acids is 1. The highest BCUT2D eigenvalue weighted by Crippen LogP contribution is 2.50. The van der Waals surface area contributed by atoms with E-state index in [1.54, 1.807) is 9.58 Å². The first-order chi connectivity index (χ1) is 11.9. The highest BCUT2D eigenvalue weighted by molar-refractivity contribution is 6.04. The Morgan fingerprint density at radius 3 is 2.68 bits per heavy atom. The molecule has 5 nitrogen and oxygen atoms in total. The topological polar surface area (TPSA) is 51.0 Å². The molecule has 2 aliphatic rings. The maximum absolute atomic E-state index is 13.1. The van der Waals surface area contributed by atoms with Crippen LogP contribution in [0.15, 0.2) is 48.4 Å². The Labute approximate surface area is 147 Å². The van der Waals surface area contributed by atoms with E-state index in [-0.39, 0.29) is 11.8 Å². The molecular formula is C20H22N4O. The predicted molar refractivity (Wildman–Crippen MR) is 97.6 cm³/mol. The second-order valence-corrected chi connectivity index (χ2v) is 7.42. The number of amides is 1. The standard InChI is InChI=1S/C20H22N4O/c1-13-5-6-15(12-21-13)14-7-8-16-17(11-14)24(19(25)20(16,2)3)18-9-10-23(4)22-18/h5-7,9-12,16H,8H2,1-4H3. The predicted octanol–water partition coefficient (Wildman–Crippen LogP) is 3.48. The van der Waals surface area contributed by atoms with E-state index in [0.29, 0.717) is 5.82 Å². The van der Waals surface area contributed by atoms with Crippen LogP contribution in [0.1, 0.15) is 31.5 Å². The van der Waals surface area contributed by atoms with E-state index in [9.17, 15) is 4.79 Å². The monoisotopic (exact) mass is 334 g/mol. The van der Waals surface area contributed by atoms with Gasteiger partial charge in [0.05, 0.1) is 5.41 Å². The number of rotatable bonds is 2. The van der Waals surface area contributed by atoms with Gasteiger partial charge in [-0.25, -0.2) is 0 Å². The first-order valence-electron chi connectivity index (χ1n) is 8.57. The smallest absolute Gasteiger partial charge is 0.238 e. The third-order valence-corrected chi connectivity index (χ3v) is 5.29. The lowest BCUT2D eigenvalue weighted by Crippen LogP contribution is -2.31. The van der Waals surface area contributed by atoms with Gasteiger partial charge in [-0.1, -0.05) is 26.0 Å². The van der Waals surface area contributed by atoms with Crippen molar-refractivity contribution in [3.05, 3.63) is 59.7 Å². The van der Waals surface area contributed by atoms with Crippen LogP contribution in [0.4, 0.5) is 5.82 Å². The van der Waals surface area contributed by atoms with Gasteiger partial charge in [0.1, 0.15) is 0 Å². The zero-order chi connectivity index (χ0) is 17.8. The SMILES string of the molecule is Cc1ccc(C2=CCC3C(=C2)N(c2ccn(C)n2)C(=O)C3(C)C)cn1. The van der Waals surface area contributed by atoms with Crippen LogP contribution in [0.2, 0.25) is 0 Å². The highest BCUT2D eigenvalue weighted by Gasteiger charge is 2.52. The molecule has 0 N–H and O–H groups in total. The summed E-state index contributed by atoms with van der Waals surface area (Å²) in [6.07, 6.45) is 8.95. The molecule has 25 heavy (non-hydrogen) atoms. The number of nitrogens with zero attached hydrogens (tertiary/aromatic N) is 4. The first kappa shape index (κ1) is 15.8. The zero-order valence-corrected chi connectivity index (χ0v) is 15.0. The van der Waals surface area contributed by atoms with Gasteiger partial charge in [0, 0.05) is 42.8 Å². The number of aromatic nitrogens is 3. The second kappa shape index (κ2) is 5.41. The Kier molecular flexibility index (Phi) is 3.42. The Hall–Kier alpha value is -2.69. The van der Waals surface area contributed by atoms with Crippen LogP contribution < -0.4 is 4.90 Å². The molecule has 3 heterocycles. The minimum atomic E-state index is -0.434. The van der Waals surface area contributed by atoms with E-state index in [0.717, 1.165) is 28.9 Å². The largest absolute Gasteiger partial charge is 0.274 e. The van der Waals surface area contributed by atoms with E-state index in [4.69, 9.17) is 0 Å². The molecule has 2 aromatic rings. The molecule has 128 valence electrons. The number of hydrogen-bond acceptors (Lipinski definition) is 3. The van der Waals surface area contributed by atoms with Crippen LogP contribution in [-0.2, 0) is 11.8 Å². The van der Waals surface area contributed by atoms with E-state index in [2.05, 4.69) is 28.3 Å². The Bertz CT molecular complexity index is 902. The summed E-state index contributed by atoms with van der Waals surface area (Å²) in [5.41, 5.74) is 3.79. The molecule has 5 heteroatoms. The quantitative estimate of drug-likeness (QED) is 0.845. The van der Waals surface area contributed by atoms with Crippen molar-refractivity contribution in [2.75, 3.05) is 4.90 Å². The second-order valence-electron chi connectivity index (χ2n) is 7.42. The molecule has 0 radical (unpaired) electrons. The van der Waals surface area contributed by atoms with Crippen molar-refractivity contribution in [1.82, 2.24) is 14.8 Å². The number of hydrogen-bond donors (Lipinski definition) is 0. The summed E-state index contributed by atoms with van der Waals surface area (Å²) in [5.74, 6) is 0.973. The number of carbonyl (C=O) groups is 1. The minimum Gasteiger partial charge on any atom is -0.274 e. The summed E-state index contributed by atoms with van der Waals surface area (Å²) in [7, 11) is 1.87. The summed E-state index contributed by atoms with van der Waals surface area (Å²) in [5, 5.41) is 4.46. The van der Waals surface area contributed by atoms with Crippen molar-refractivity contribution in [3.63, 3.8) is 0 Å². The van der Waals surface area contributed by atoms with Gasteiger partial charge in [-0.3, -0.25) is 19.4 Å². The van der Waals surface area contributed by atoms with Gasteiger partial charge in [-0.05, 0) is 36.6 Å². The molecule has 2 aromatic heterocycles. The molecule has 1 saturated heterocycles. The number of aryl methyl sites for hydroxylation is 2. The van der Waals surface area contributed by atoms with Crippen LogP contribution in [0.5, 0.6) is 0 Å². The van der Waals surface area contributed by atoms with Gasteiger partial charge >= 0.3 is 0 Å². The lowest BCUT2D eigenvalue weighted by atomic mass is 9.75. The molecule has 1 fully saturated rings. The summed E-state index contributed by atoms with van der Waals surface area (Å²) in [4.78, 5) is 19.3. The molecule has 1 atom stereocenters. The maximum atomic E-state index is 13.1. The van der Waals surface area contributed by atoms with Crippen LogP contribution in [-0.4, -0.2) is 20.7 Å². The van der Waals surface area contributed by atoms with Crippen LogP contribution in [0.3, 0.4) is 0 Å². The fourth-order valence-corrected chi connectivity index (χ4v) is 3.72. The van der Waals surface area contributed by atoms with E-state index in [1.807, 2.05) is 52.3 Å².